The molecule has 0 N–H and O–H groups in total. The van der Waals surface area contributed by atoms with Gasteiger partial charge < -0.3 is 4.57 Å². The van der Waals surface area contributed by atoms with Gasteiger partial charge in [0.05, 0.1) is 5.40 Å². The van der Waals surface area contributed by atoms with E-state index in [9.17, 15) is 0 Å². The molecule has 1 aliphatic rings. The molecular weight excluding hydrogens is 414 g/mol. The maximum absolute atomic E-state index is 15.4. The Labute approximate surface area is 186 Å². The van der Waals surface area contributed by atoms with E-state index in [4.69, 9.17) is 0 Å². The van der Waals surface area contributed by atoms with Crippen LogP contribution in [0.3, 0.4) is 0 Å². The largest absolute Gasteiger partial charge is 0.313 e. The minimum Gasteiger partial charge on any atom is -0.313 e. The minimum absolute atomic E-state index is 0.0945. The molecule has 31 heavy (non-hydrogen) atoms. The van der Waals surface area contributed by atoms with Crippen molar-refractivity contribution < 1.29 is 4.57 Å². The van der Waals surface area contributed by atoms with Crippen LogP contribution in [0.1, 0.15) is 17.9 Å². The fourth-order valence-electron chi connectivity index (χ4n) is 4.92. The molecule has 4 aromatic rings. The summed E-state index contributed by atoms with van der Waals surface area (Å²) in [7, 11) is -3.45. The van der Waals surface area contributed by atoms with E-state index in [1.165, 1.54) is 10.9 Å². The van der Waals surface area contributed by atoms with Crippen LogP contribution in [-0.4, -0.2) is 11.6 Å². The fraction of sp³-hybridized carbons (Fsp3) is 0.143. The molecule has 0 spiro atoms. The first-order valence-corrected chi connectivity index (χ1v) is 14.2. The standard InChI is InChI=1S/C28H26OP2/c29-31(25-17-9-3-10-18-25,26-19-11-4-12-20-26)28-27(23-13-5-1-6-14-23)21-22-30(28)24-15-7-2-8-16-24/h1-20,27-28H,21-22H2. The molecule has 1 saturated heterocycles. The molecule has 0 bridgehead atoms. The summed E-state index contributed by atoms with van der Waals surface area (Å²) in [6.07, 6.45) is 2.20. The Morgan fingerprint density at radius 2 is 1.06 bits per heavy atom. The number of hydrogen-bond acceptors (Lipinski definition) is 1. The molecule has 0 amide bonds. The maximum atomic E-state index is 15.4. The summed E-state index contributed by atoms with van der Waals surface area (Å²) in [6.45, 7) is 0. The smallest absolute Gasteiger partial charge is 0.151 e. The van der Waals surface area contributed by atoms with Crippen molar-refractivity contribution in [2.24, 2.45) is 0 Å². The number of hydrogen-bond donors (Lipinski definition) is 0. The van der Waals surface area contributed by atoms with Gasteiger partial charge in [-0.25, -0.2) is 0 Å². The van der Waals surface area contributed by atoms with Crippen molar-refractivity contribution in [2.45, 2.75) is 17.7 Å². The van der Waals surface area contributed by atoms with Crippen LogP contribution in [0, 0.1) is 0 Å². The number of rotatable bonds is 5. The second-order valence-corrected chi connectivity index (χ2v) is 13.8. The second kappa shape index (κ2) is 8.96. The molecule has 5 rings (SSSR count). The number of benzene rings is 4. The molecule has 1 aliphatic heterocycles. The van der Waals surface area contributed by atoms with Crippen LogP contribution < -0.4 is 15.9 Å². The van der Waals surface area contributed by atoms with Crippen molar-refractivity contribution in [2.75, 3.05) is 6.16 Å². The Morgan fingerprint density at radius 3 is 1.58 bits per heavy atom. The Kier molecular flexibility index (Phi) is 5.91. The van der Waals surface area contributed by atoms with Crippen molar-refractivity contribution in [3.05, 3.63) is 127 Å². The SMILES string of the molecule is O=P(c1ccccc1)(c1ccccc1)C1C(c2ccccc2)CCP1c1ccccc1. The lowest BCUT2D eigenvalue weighted by Crippen LogP contribution is -2.28. The van der Waals surface area contributed by atoms with E-state index in [0.717, 1.165) is 23.2 Å². The van der Waals surface area contributed by atoms with E-state index in [1.807, 2.05) is 36.4 Å². The summed E-state index contributed by atoms with van der Waals surface area (Å²) in [5, 5.41) is 3.43. The lowest BCUT2D eigenvalue weighted by atomic mass is 9.99. The van der Waals surface area contributed by atoms with Gasteiger partial charge in [0.2, 0.25) is 0 Å². The zero-order chi connectivity index (χ0) is 21.1. The molecule has 1 heterocycles. The molecular formula is C28H26OP2. The highest BCUT2D eigenvalue weighted by molar-refractivity contribution is 7.90. The van der Waals surface area contributed by atoms with Gasteiger partial charge >= 0.3 is 0 Å². The summed E-state index contributed by atoms with van der Waals surface area (Å²) < 4.78 is 15.4. The van der Waals surface area contributed by atoms with Crippen molar-refractivity contribution in [3.63, 3.8) is 0 Å². The van der Waals surface area contributed by atoms with E-state index in [2.05, 4.69) is 84.9 Å². The zero-order valence-corrected chi connectivity index (χ0v) is 19.2. The van der Waals surface area contributed by atoms with Crippen LogP contribution in [0.25, 0.3) is 0 Å². The Morgan fingerprint density at radius 1 is 0.613 bits per heavy atom. The fourth-order valence-corrected chi connectivity index (χ4v) is 13.7. The Bertz CT molecular complexity index is 1070. The molecule has 3 atom stereocenters. The quantitative estimate of drug-likeness (QED) is 0.332. The van der Waals surface area contributed by atoms with Gasteiger partial charge in [-0.3, -0.25) is 0 Å². The van der Waals surface area contributed by atoms with E-state index in [1.54, 1.807) is 0 Å². The molecule has 0 aromatic heterocycles. The second-order valence-electron chi connectivity index (χ2n) is 8.08. The highest BCUT2D eigenvalue weighted by atomic mass is 31.2. The summed E-state index contributed by atoms with van der Waals surface area (Å²) in [4.78, 5) is 0. The maximum Gasteiger partial charge on any atom is 0.151 e. The molecule has 154 valence electrons. The molecule has 1 fully saturated rings. The third kappa shape index (κ3) is 3.82. The average molecular weight is 440 g/mol. The molecule has 0 radical (unpaired) electrons. The van der Waals surface area contributed by atoms with Crippen LogP contribution in [0.15, 0.2) is 121 Å². The Hall–Kier alpha value is -2.46. The minimum atomic E-state index is -2.89. The monoisotopic (exact) mass is 440 g/mol. The first kappa shape index (κ1) is 20.4. The van der Waals surface area contributed by atoms with Gasteiger partial charge in [-0.15, -0.1) is 0 Å². The first-order valence-electron chi connectivity index (χ1n) is 10.9. The van der Waals surface area contributed by atoms with Gasteiger partial charge in [-0.2, -0.15) is 0 Å². The summed E-state index contributed by atoms with van der Waals surface area (Å²) in [6, 6.07) is 42.0. The molecule has 3 unspecified atom stereocenters. The summed E-state index contributed by atoms with van der Waals surface area (Å²) in [5.74, 6) is 0.291. The lowest BCUT2D eigenvalue weighted by Gasteiger charge is -2.34. The van der Waals surface area contributed by atoms with Gasteiger partial charge in [0.1, 0.15) is 0 Å². The zero-order valence-electron chi connectivity index (χ0n) is 17.4. The Balaban J connectivity index is 1.74. The van der Waals surface area contributed by atoms with Crippen LogP contribution in [0.5, 0.6) is 0 Å². The predicted octanol–water partition coefficient (Wildman–Crippen LogP) is 6.32. The van der Waals surface area contributed by atoms with E-state index >= 15 is 4.57 Å². The van der Waals surface area contributed by atoms with Crippen LogP contribution in [0.4, 0.5) is 0 Å². The van der Waals surface area contributed by atoms with Gasteiger partial charge in [0, 0.05) is 10.6 Å². The highest BCUT2D eigenvalue weighted by Crippen LogP contribution is 2.70. The van der Waals surface area contributed by atoms with E-state index < -0.39 is 15.1 Å². The summed E-state index contributed by atoms with van der Waals surface area (Å²) in [5.41, 5.74) is 1.32. The molecule has 0 aliphatic carbocycles. The van der Waals surface area contributed by atoms with Crippen molar-refractivity contribution >= 4 is 31.0 Å². The van der Waals surface area contributed by atoms with Crippen molar-refractivity contribution in [1.29, 1.82) is 0 Å². The highest BCUT2D eigenvalue weighted by Gasteiger charge is 2.49. The van der Waals surface area contributed by atoms with Crippen molar-refractivity contribution in [1.82, 2.24) is 0 Å². The summed E-state index contributed by atoms with van der Waals surface area (Å²) >= 11 is 0. The molecule has 0 saturated carbocycles. The molecule has 3 heteroatoms. The van der Waals surface area contributed by atoms with Gasteiger partial charge in [-0.05, 0) is 29.4 Å². The van der Waals surface area contributed by atoms with Gasteiger partial charge in [-0.1, -0.05) is 129 Å². The lowest BCUT2D eigenvalue weighted by molar-refractivity contribution is 0.579. The first-order chi connectivity index (χ1) is 15.3. The van der Waals surface area contributed by atoms with Crippen LogP contribution >= 0.6 is 15.1 Å². The molecule has 4 aromatic carbocycles. The van der Waals surface area contributed by atoms with Gasteiger partial charge in [0.25, 0.3) is 0 Å². The third-order valence-corrected chi connectivity index (χ3v) is 14.1. The molecule has 1 nitrogen and oxygen atoms in total. The topological polar surface area (TPSA) is 17.1 Å². The van der Waals surface area contributed by atoms with E-state index in [-0.39, 0.29) is 5.40 Å². The average Bonchev–Trinajstić information content (AvgIpc) is 3.31. The van der Waals surface area contributed by atoms with Crippen LogP contribution in [0.2, 0.25) is 0 Å². The predicted molar refractivity (Wildman–Crippen MR) is 135 cm³/mol. The van der Waals surface area contributed by atoms with E-state index in [0.29, 0.717) is 5.92 Å². The normalized spacial score (nSPS) is 21.1. The van der Waals surface area contributed by atoms with Gasteiger partial charge in [0.15, 0.2) is 7.14 Å². The third-order valence-electron chi connectivity index (χ3n) is 6.33. The van der Waals surface area contributed by atoms with Crippen molar-refractivity contribution in [3.8, 4) is 0 Å². The van der Waals surface area contributed by atoms with Crippen LogP contribution in [-0.2, 0) is 4.57 Å².